The van der Waals surface area contributed by atoms with Crippen molar-refractivity contribution in [1.82, 2.24) is 0 Å². The fourth-order valence-electron chi connectivity index (χ4n) is 2.85. The number of ether oxygens (including phenoxy) is 1. The highest BCUT2D eigenvalue weighted by molar-refractivity contribution is 5.15. The highest BCUT2D eigenvalue weighted by Gasteiger charge is 2.11. The Kier molecular flexibility index (Phi) is 6.16. The van der Waals surface area contributed by atoms with Crippen molar-refractivity contribution in [2.24, 2.45) is 5.92 Å². The van der Waals surface area contributed by atoms with E-state index in [1.54, 1.807) is 0 Å². The maximum absolute atomic E-state index is 5.58. The van der Waals surface area contributed by atoms with Crippen LogP contribution in [0.3, 0.4) is 0 Å². The van der Waals surface area contributed by atoms with E-state index in [0.29, 0.717) is 0 Å². The van der Waals surface area contributed by atoms with E-state index in [-0.39, 0.29) is 6.10 Å². The molecule has 104 valence electrons. The van der Waals surface area contributed by atoms with Gasteiger partial charge < -0.3 is 4.74 Å². The molecule has 0 aromatic heterocycles. The van der Waals surface area contributed by atoms with Gasteiger partial charge in [-0.15, -0.1) is 0 Å². The lowest BCUT2D eigenvalue weighted by molar-refractivity contribution is 0.133. The maximum atomic E-state index is 5.58. The normalized spacial score (nSPS) is 18.8. The molecule has 1 saturated carbocycles. The van der Waals surface area contributed by atoms with Crippen LogP contribution in [-0.2, 0) is 11.2 Å². The second-order valence-corrected chi connectivity index (χ2v) is 5.58. The van der Waals surface area contributed by atoms with Crippen LogP contribution >= 0.6 is 0 Å². The van der Waals surface area contributed by atoms with Crippen LogP contribution in [0.25, 0.3) is 0 Å². The van der Waals surface area contributed by atoms with Crippen molar-refractivity contribution in [3.63, 3.8) is 0 Å². The molecule has 0 saturated heterocycles. The third-order valence-corrected chi connectivity index (χ3v) is 4.11. The molecular weight excluding hydrogens is 232 g/mol. The van der Waals surface area contributed by atoms with Gasteiger partial charge in [-0.25, -0.2) is 0 Å². The summed E-state index contributed by atoms with van der Waals surface area (Å²) >= 11 is 0. The second-order valence-electron chi connectivity index (χ2n) is 5.58. The molecule has 0 aliphatic heterocycles. The molecule has 1 atom stereocenters. The van der Waals surface area contributed by atoms with E-state index in [1.807, 2.05) is 7.11 Å². The lowest BCUT2D eigenvalue weighted by Gasteiger charge is -2.19. The number of methoxy groups -OCH3 is 1. The highest BCUT2D eigenvalue weighted by Crippen LogP contribution is 2.25. The van der Waals surface area contributed by atoms with Crippen molar-refractivity contribution in [2.75, 3.05) is 7.11 Å². The van der Waals surface area contributed by atoms with Crippen molar-refractivity contribution in [1.29, 1.82) is 0 Å². The van der Waals surface area contributed by atoms with Gasteiger partial charge in [-0.1, -0.05) is 61.7 Å². The van der Waals surface area contributed by atoms with Gasteiger partial charge in [0, 0.05) is 7.11 Å². The number of rotatable bonds is 6. The second kappa shape index (κ2) is 8.16. The van der Waals surface area contributed by atoms with Gasteiger partial charge in [-0.05, 0) is 37.2 Å². The third-order valence-electron chi connectivity index (χ3n) is 4.11. The molecule has 1 heteroatoms. The number of hydrogen-bond donors (Lipinski definition) is 0. The van der Waals surface area contributed by atoms with E-state index < -0.39 is 0 Å². The van der Waals surface area contributed by atoms with Crippen molar-refractivity contribution in [3.8, 4) is 0 Å². The predicted molar refractivity (Wildman–Crippen MR) is 81.3 cm³/mol. The number of allylic oxidation sites excluding steroid dienone is 1. The van der Waals surface area contributed by atoms with E-state index in [0.717, 1.165) is 18.8 Å². The minimum atomic E-state index is 0.266. The van der Waals surface area contributed by atoms with Gasteiger partial charge in [0.15, 0.2) is 0 Å². The molecule has 19 heavy (non-hydrogen) atoms. The summed E-state index contributed by atoms with van der Waals surface area (Å²) in [4.78, 5) is 0. The molecule has 1 aromatic rings. The standard InChI is InChI=1S/C18H26O/c1-19-18(14-12-16-8-4-2-5-9-16)15-13-17-10-6-3-7-11-17/h2,4-5,8-9,13,15,17-18H,3,6-7,10-12,14H2,1H3/b15-13+/t18-/m0/s1. The van der Waals surface area contributed by atoms with Crippen molar-refractivity contribution >= 4 is 0 Å². The zero-order valence-corrected chi connectivity index (χ0v) is 12.1. The Hall–Kier alpha value is -1.08. The molecule has 0 bridgehead atoms. The lowest BCUT2D eigenvalue weighted by atomic mass is 9.88. The fraction of sp³-hybridized carbons (Fsp3) is 0.556. The first-order chi connectivity index (χ1) is 9.38. The summed E-state index contributed by atoms with van der Waals surface area (Å²) in [6.45, 7) is 0. The Balaban J connectivity index is 1.77. The van der Waals surface area contributed by atoms with Crippen molar-refractivity contribution in [3.05, 3.63) is 48.0 Å². The van der Waals surface area contributed by atoms with E-state index >= 15 is 0 Å². The molecule has 0 unspecified atom stereocenters. The number of benzene rings is 1. The van der Waals surface area contributed by atoms with Crippen LogP contribution in [0.5, 0.6) is 0 Å². The van der Waals surface area contributed by atoms with Gasteiger partial charge in [-0.2, -0.15) is 0 Å². The largest absolute Gasteiger partial charge is 0.377 e. The molecule has 1 aliphatic carbocycles. The van der Waals surface area contributed by atoms with Gasteiger partial charge >= 0.3 is 0 Å². The molecule has 1 fully saturated rings. The summed E-state index contributed by atoms with van der Waals surface area (Å²) in [5, 5.41) is 0. The van der Waals surface area contributed by atoms with Crippen LogP contribution in [-0.4, -0.2) is 13.2 Å². The van der Waals surface area contributed by atoms with Gasteiger partial charge in [0.25, 0.3) is 0 Å². The molecule has 0 spiro atoms. The third kappa shape index (κ3) is 5.20. The molecule has 1 aliphatic rings. The van der Waals surface area contributed by atoms with Crippen LogP contribution in [0.1, 0.15) is 44.1 Å². The first-order valence-electron chi connectivity index (χ1n) is 7.63. The minimum Gasteiger partial charge on any atom is -0.377 e. The number of aryl methyl sites for hydroxylation is 1. The van der Waals surface area contributed by atoms with Crippen LogP contribution in [0, 0.1) is 5.92 Å². The van der Waals surface area contributed by atoms with Gasteiger partial charge in [0.05, 0.1) is 6.10 Å². The fourth-order valence-corrected chi connectivity index (χ4v) is 2.85. The first kappa shape index (κ1) is 14.3. The molecule has 1 nitrogen and oxygen atoms in total. The molecule has 2 rings (SSSR count). The van der Waals surface area contributed by atoms with Gasteiger partial charge in [-0.3, -0.25) is 0 Å². The average molecular weight is 258 g/mol. The summed E-state index contributed by atoms with van der Waals surface area (Å²) in [6, 6.07) is 10.7. The Bertz CT molecular complexity index is 363. The minimum absolute atomic E-state index is 0.266. The summed E-state index contributed by atoms with van der Waals surface area (Å²) in [5.74, 6) is 0.795. The monoisotopic (exact) mass is 258 g/mol. The van der Waals surface area contributed by atoms with Gasteiger partial charge in [0.1, 0.15) is 0 Å². The van der Waals surface area contributed by atoms with Crippen molar-refractivity contribution < 1.29 is 4.74 Å². The molecule has 1 aromatic carbocycles. The van der Waals surface area contributed by atoms with Gasteiger partial charge in [0.2, 0.25) is 0 Å². The van der Waals surface area contributed by atoms with Crippen LogP contribution in [0.2, 0.25) is 0 Å². The lowest BCUT2D eigenvalue weighted by Crippen LogP contribution is -2.10. The van der Waals surface area contributed by atoms with Crippen LogP contribution in [0.15, 0.2) is 42.5 Å². The van der Waals surface area contributed by atoms with Crippen LogP contribution in [0.4, 0.5) is 0 Å². The smallest absolute Gasteiger partial charge is 0.0755 e. The van der Waals surface area contributed by atoms with Crippen molar-refractivity contribution in [2.45, 2.75) is 51.0 Å². The molecule has 0 heterocycles. The predicted octanol–water partition coefficient (Wildman–Crippen LogP) is 4.77. The van der Waals surface area contributed by atoms with Crippen LogP contribution < -0.4 is 0 Å². The number of hydrogen-bond acceptors (Lipinski definition) is 1. The summed E-state index contributed by atoms with van der Waals surface area (Å²) in [7, 11) is 1.82. The average Bonchev–Trinajstić information content (AvgIpc) is 2.49. The quantitative estimate of drug-likeness (QED) is 0.668. The Labute approximate surface area is 117 Å². The zero-order chi connectivity index (χ0) is 13.3. The Morgan fingerprint density at radius 3 is 2.58 bits per heavy atom. The van der Waals surface area contributed by atoms with E-state index in [9.17, 15) is 0 Å². The van der Waals surface area contributed by atoms with E-state index in [1.165, 1.54) is 37.7 Å². The Morgan fingerprint density at radius 1 is 1.16 bits per heavy atom. The Morgan fingerprint density at radius 2 is 1.89 bits per heavy atom. The van der Waals surface area contributed by atoms with E-state index in [2.05, 4.69) is 42.5 Å². The molecule has 0 radical (unpaired) electrons. The summed E-state index contributed by atoms with van der Waals surface area (Å²) in [6.07, 6.45) is 14.1. The SMILES string of the molecule is CO[C@H](/C=C/C1CCCCC1)CCc1ccccc1. The highest BCUT2D eigenvalue weighted by atomic mass is 16.5. The molecule has 0 N–H and O–H groups in total. The first-order valence-corrected chi connectivity index (χ1v) is 7.63. The topological polar surface area (TPSA) is 9.23 Å². The maximum Gasteiger partial charge on any atom is 0.0755 e. The molecular formula is C18H26O. The summed E-state index contributed by atoms with van der Waals surface area (Å²) < 4.78 is 5.58. The molecule has 0 amide bonds. The van der Waals surface area contributed by atoms with E-state index in [4.69, 9.17) is 4.74 Å². The zero-order valence-electron chi connectivity index (χ0n) is 12.1. The summed E-state index contributed by atoms with van der Waals surface area (Å²) in [5.41, 5.74) is 1.40.